The summed E-state index contributed by atoms with van der Waals surface area (Å²) in [4.78, 5) is 13.9. The Labute approximate surface area is 127 Å². The molecule has 1 fully saturated rings. The molecule has 1 N–H and O–H groups in total. The quantitative estimate of drug-likeness (QED) is 0.823. The number of anilines is 1. The molecule has 1 amide bonds. The highest BCUT2D eigenvalue weighted by Gasteiger charge is 2.10. The Bertz CT molecular complexity index is 402. The van der Waals surface area contributed by atoms with Gasteiger partial charge >= 0.3 is 6.09 Å². The molecule has 0 bridgehead atoms. The third kappa shape index (κ3) is 5.36. The van der Waals surface area contributed by atoms with Crippen molar-refractivity contribution >= 4 is 34.4 Å². The first-order chi connectivity index (χ1) is 9.24. The predicted molar refractivity (Wildman–Crippen MR) is 84.4 cm³/mol. The van der Waals surface area contributed by atoms with Crippen LogP contribution < -0.4 is 5.32 Å². The van der Waals surface area contributed by atoms with Gasteiger partial charge in [0.1, 0.15) is 6.61 Å². The molecule has 19 heavy (non-hydrogen) atoms. The third-order valence-electron chi connectivity index (χ3n) is 3.18. The van der Waals surface area contributed by atoms with Crippen LogP contribution in [0.5, 0.6) is 0 Å². The van der Waals surface area contributed by atoms with E-state index >= 15 is 0 Å². The van der Waals surface area contributed by atoms with Crippen LogP contribution in [-0.2, 0) is 4.74 Å². The maximum Gasteiger partial charge on any atom is 0.411 e. The van der Waals surface area contributed by atoms with Crippen molar-refractivity contribution in [3.63, 3.8) is 0 Å². The molecule has 4 nitrogen and oxygen atoms in total. The van der Waals surface area contributed by atoms with Gasteiger partial charge < -0.3 is 4.74 Å². The first kappa shape index (κ1) is 14.6. The van der Waals surface area contributed by atoms with Crippen LogP contribution in [0.3, 0.4) is 0 Å². The molecule has 0 spiro atoms. The highest BCUT2D eigenvalue weighted by atomic mass is 127. The topological polar surface area (TPSA) is 41.6 Å². The van der Waals surface area contributed by atoms with Crippen molar-refractivity contribution in [3.05, 3.63) is 27.8 Å². The molecule has 0 radical (unpaired) electrons. The lowest BCUT2D eigenvalue weighted by atomic mass is 10.1. The summed E-state index contributed by atoms with van der Waals surface area (Å²) in [6.45, 7) is 3.54. The molecular weight excluding hydrogens is 355 g/mol. The summed E-state index contributed by atoms with van der Waals surface area (Å²) >= 11 is 2.23. The zero-order chi connectivity index (χ0) is 13.5. The number of ether oxygens (including phenoxy) is 1. The van der Waals surface area contributed by atoms with Crippen molar-refractivity contribution in [1.29, 1.82) is 0 Å². The number of hydrogen-bond acceptors (Lipinski definition) is 3. The molecule has 0 atom stereocenters. The van der Waals surface area contributed by atoms with Crippen LogP contribution in [0.15, 0.2) is 24.3 Å². The van der Waals surface area contributed by atoms with Crippen molar-refractivity contribution in [2.24, 2.45) is 0 Å². The SMILES string of the molecule is O=C(Nc1ccc(I)cc1)OCCN1CCCCC1. The van der Waals surface area contributed by atoms with Crippen LogP contribution in [0.2, 0.25) is 0 Å². The second-order valence-electron chi connectivity index (χ2n) is 4.67. The van der Waals surface area contributed by atoms with E-state index < -0.39 is 0 Å². The average Bonchev–Trinajstić information content (AvgIpc) is 2.43. The van der Waals surface area contributed by atoms with E-state index in [-0.39, 0.29) is 6.09 Å². The van der Waals surface area contributed by atoms with E-state index in [1.54, 1.807) is 0 Å². The van der Waals surface area contributed by atoms with Crippen molar-refractivity contribution < 1.29 is 9.53 Å². The van der Waals surface area contributed by atoms with E-state index in [9.17, 15) is 4.79 Å². The fraction of sp³-hybridized carbons (Fsp3) is 0.500. The number of benzene rings is 1. The lowest BCUT2D eigenvalue weighted by molar-refractivity contribution is 0.131. The Balaban J connectivity index is 1.65. The van der Waals surface area contributed by atoms with Crippen LogP contribution in [0.1, 0.15) is 19.3 Å². The van der Waals surface area contributed by atoms with Gasteiger partial charge in [0.15, 0.2) is 0 Å². The van der Waals surface area contributed by atoms with Gasteiger partial charge in [-0.15, -0.1) is 0 Å². The Kier molecular flexibility index (Phi) is 5.91. The van der Waals surface area contributed by atoms with Gasteiger partial charge in [-0.2, -0.15) is 0 Å². The second-order valence-corrected chi connectivity index (χ2v) is 5.92. The van der Waals surface area contributed by atoms with E-state index in [1.165, 1.54) is 19.3 Å². The third-order valence-corrected chi connectivity index (χ3v) is 3.90. The summed E-state index contributed by atoms with van der Waals surface area (Å²) in [6, 6.07) is 7.63. The van der Waals surface area contributed by atoms with Gasteiger partial charge in [0.2, 0.25) is 0 Å². The maximum absolute atomic E-state index is 11.6. The predicted octanol–water partition coefficient (Wildman–Crippen LogP) is 3.33. The number of nitrogens with one attached hydrogen (secondary N) is 1. The first-order valence-electron chi connectivity index (χ1n) is 6.66. The Hall–Kier alpha value is -0.820. The van der Waals surface area contributed by atoms with Crippen molar-refractivity contribution in [3.8, 4) is 0 Å². The van der Waals surface area contributed by atoms with E-state index in [0.717, 1.165) is 28.9 Å². The molecular formula is C14H19IN2O2. The number of piperidine rings is 1. The minimum Gasteiger partial charge on any atom is -0.448 e. The zero-order valence-corrected chi connectivity index (χ0v) is 13.1. The van der Waals surface area contributed by atoms with Gasteiger partial charge in [0, 0.05) is 15.8 Å². The number of amides is 1. The van der Waals surface area contributed by atoms with E-state index in [1.807, 2.05) is 24.3 Å². The Morgan fingerprint density at radius 1 is 1.21 bits per heavy atom. The fourth-order valence-electron chi connectivity index (χ4n) is 2.14. The van der Waals surface area contributed by atoms with Crippen molar-refractivity contribution in [1.82, 2.24) is 4.90 Å². The number of halogens is 1. The highest BCUT2D eigenvalue weighted by molar-refractivity contribution is 14.1. The summed E-state index contributed by atoms with van der Waals surface area (Å²) in [5.74, 6) is 0. The molecule has 0 aliphatic carbocycles. The van der Waals surface area contributed by atoms with Crippen molar-refractivity contribution in [2.75, 3.05) is 31.6 Å². The Morgan fingerprint density at radius 2 is 1.89 bits per heavy atom. The van der Waals surface area contributed by atoms with E-state index in [4.69, 9.17) is 4.74 Å². The maximum atomic E-state index is 11.6. The largest absolute Gasteiger partial charge is 0.448 e. The van der Waals surface area contributed by atoms with Gasteiger partial charge in [0.25, 0.3) is 0 Å². The summed E-state index contributed by atoms with van der Waals surface area (Å²) in [7, 11) is 0. The summed E-state index contributed by atoms with van der Waals surface area (Å²) < 4.78 is 6.33. The zero-order valence-electron chi connectivity index (χ0n) is 10.9. The van der Waals surface area contributed by atoms with Gasteiger partial charge in [-0.1, -0.05) is 6.42 Å². The van der Waals surface area contributed by atoms with Crippen LogP contribution in [0.25, 0.3) is 0 Å². The van der Waals surface area contributed by atoms with Gasteiger partial charge in [-0.3, -0.25) is 10.2 Å². The van der Waals surface area contributed by atoms with Crippen LogP contribution in [-0.4, -0.2) is 37.2 Å². The Morgan fingerprint density at radius 3 is 2.58 bits per heavy atom. The molecule has 1 saturated heterocycles. The monoisotopic (exact) mass is 374 g/mol. The molecule has 5 heteroatoms. The molecule has 0 aromatic heterocycles. The molecule has 104 valence electrons. The van der Waals surface area contributed by atoms with Crippen LogP contribution in [0.4, 0.5) is 10.5 Å². The second kappa shape index (κ2) is 7.69. The van der Waals surface area contributed by atoms with Gasteiger partial charge in [0.05, 0.1) is 0 Å². The van der Waals surface area contributed by atoms with Crippen molar-refractivity contribution in [2.45, 2.75) is 19.3 Å². The van der Waals surface area contributed by atoms with Crippen LogP contribution >= 0.6 is 22.6 Å². The average molecular weight is 374 g/mol. The molecule has 1 aromatic carbocycles. The molecule has 0 unspecified atom stereocenters. The number of nitrogens with zero attached hydrogens (tertiary/aromatic N) is 1. The summed E-state index contributed by atoms with van der Waals surface area (Å²) in [5.41, 5.74) is 0.767. The smallest absolute Gasteiger partial charge is 0.411 e. The minimum absolute atomic E-state index is 0.377. The normalized spacial score (nSPS) is 16.1. The number of carbonyl (C=O) groups excluding carboxylic acids is 1. The number of carbonyl (C=O) groups is 1. The van der Waals surface area contributed by atoms with Gasteiger partial charge in [-0.25, -0.2) is 4.79 Å². The lowest BCUT2D eigenvalue weighted by Crippen LogP contribution is -2.33. The molecule has 1 aromatic rings. The molecule has 1 aliphatic heterocycles. The molecule has 0 saturated carbocycles. The summed E-state index contributed by atoms with van der Waals surface area (Å²) in [5, 5.41) is 2.72. The number of rotatable bonds is 4. The minimum atomic E-state index is -0.377. The number of likely N-dealkylation sites (tertiary alicyclic amines) is 1. The standard InChI is InChI=1S/C14H19IN2O2/c15-12-4-6-13(7-5-12)16-14(18)19-11-10-17-8-2-1-3-9-17/h4-7H,1-3,8-11H2,(H,16,18). The summed E-state index contributed by atoms with van der Waals surface area (Å²) in [6.07, 6.45) is 3.46. The highest BCUT2D eigenvalue weighted by Crippen LogP contribution is 2.11. The molecule has 1 aliphatic rings. The first-order valence-corrected chi connectivity index (χ1v) is 7.73. The van der Waals surface area contributed by atoms with Gasteiger partial charge in [-0.05, 0) is 72.8 Å². The van der Waals surface area contributed by atoms with E-state index in [0.29, 0.717) is 6.61 Å². The number of hydrogen-bond donors (Lipinski definition) is 1. The van der Waals surface area contributed by atoms with E-state index in [2.05, 4.69) is 32.8 Å². The fourth-order valence-corrected chi connectivity index (χ4v) is 2.50. The lowest BCUT2D eigenvalue weighted by Gasteiger charge is -2.25. The molecule has 2 rings (SSSR count). The van der Waals surface area contributed by atoms with Crippen LogP contribution in [0, 0.1) is 3.57 Å². The molecule has 1 heterocycles.